The molecule has 1 aromatic heterocycles. The molecule has 0 aliphatic heterocycles. The molecule has 4 heteroatoms. The first-order chi connectivity index (χ1) is 9.54. The molecular formula is C16H25N3O. The van der Waals surface area contributed by atoms with Crippen molar-refractivity contribution < 1.29 is 0 Å². The van der Waals surface area contributed by atoms with E-state index in [0.717, 1.165) is 29.9 Å². The van der Waals surface area contributed by atoms with Gasteiger partial charge in [0.25, 0.3) is 5.56 Å². The monoisotopic (exact) mass is 275 g/mol. The number of H-pyrrole nitrogens is 1. The molecule has 0 amide bonds. The van der Waals surface area contributed by atoms with Crippen LogP contribution in [0.15, 0.2) is 10.9 Å². The second kappa shape index (κ2) is 4.23. The number of rotatable bonds is 3. The Morgan fingerprint density at radius 3 is 2.35 bits per heavy atom. The smallest absolute Gasteiger partial charge is 0.267 e. The Balaban J connectivity index is 1.70. The normalized spacial score (nSPS) is 40.2. The van der Waals surface area contributed by atoms with E-state index in [0.29, 0.717) is 0 Å². The average molecular weight is 275 g/mol. The second-order valence-electron chi connectivity index (χ2n) is 7.78. The van der Waals surface area contributed by atoms with Crippen molar-refractivity contribution in [3.63, 3.8) is 0 Å². The van der Waals surface area contributed by atoms with Gasteiger partial charge in [0.05, 0.1) is 5.54 Å². The molecule has 3 N–H and O–H groups in total. The van der Waals surface area contributed by atoms with E-state index in [1.54, 1.807) is 6.07 Å². The third-order valence-electron chi connectivity index (χ3n) is 5.80. The lowest BCUT2D eigenvalue weighted by Gasteiger charge is -2.56. The second-order valence-corrected chi connectivity index (χ2v) is 7.78. The van der Waals surface area contributed by atoms with Crippen molar-refractivity contribution >= 4 is 0 Å². The van der Waals surface area contributed by atoms with Crippen LogP contribution in [0.25, 0.3) is 0 Å². The van der Waals surface area contributed by atoms with Crippen molar-refractivity contribution in [2.24, 2.45) is 23.5 Å². The SMILES string of the molecule is CC(N)Cc1cc(=O)n(C23CC4CC(CC(C4)C2)C3)[nH]1. The zero-order valence-corrected chi connectivity index (χ0v) is 12.3. The van der Waals surface area contributed by atoms with Crippen LogP contribution in [0.2, 0.25) is 0 Å². The number of nitrogens with zero attached hydrogens (tertiary/aromatic N) is 1. The third-order valence-corrected chi connectivity index (χ3v) is 5.80. The van der Waals surface area contributed by atoms with Crippen LogP contribution in [0.4, 0.5) is 0 Å². The van der Waals surface area contributed by atoms with Gasteiger partial charge in [-0.1, -0.05) is 0 Å². The standard InChI is InChI=1S/C16H25N3O/c1-10(17)2-14-6-15(20)19(18-14)16-7-11-3-12(8-16)5-13(4-11)9-16/h6,10-13,18H,2-5,7-9,17H2,1H3. The molecule has 1 atom stereocenters. The van der Waals surface area contributed by atoms with Crippen molar-refractivity contribution in [2.75, 3.05) is 0 Å². The van der Waals surface area contributed by atoms with Crippen molar-refractivity contribution in [3.05, 3.63) is 22.1 Å². The molecule has 1 aromatic rings. The van der Waals surface area contributed by atoms with E-state index in [-0.39, 0.29) is 17.1 Å². The fourth-order valence-corrected chi connectivity index (χ4v) is 5.59. The summed E-state index contributed by atoms with van der Waals surface area (Å²) < 4.78 is 1.98. The lowest BCUT2D eigenvalue weighted by molar-refractivity contribution is -0.0511. The lowest BCUT2D eigenvalue weighted by Crippen LogP contribution is -2.54. The Kier molecular flexibility index (Phi) is 2.69. The average Bonchev–Trinajstić information content (AvgIpc) is 2.68. The van der Waals surface area contributed by atoms with Crippen molar-refractivity contribution in [1.82, 2.24) is 9.78 Å². The van der Waals surface area contributed by atoms with E-state index in [9.17, 15) is 4.79 Å². The maximum Gasteiger partial charge on any atom is 0.267 e. The van der Waals surface area contributed by atoms with Crippen LogP contribution in [0.3, 0.4) is 0 Å². The predicted octanol–water partition coefficient (Wildman–Crippen LogP) is 1.99. The van der Waals surface area contributed by atoms with Crippen LogP contribution >= 0.6 is 0 Å². The van der Waals surface area contributed by atoms with Crippen molar-refractivity contribution in [2.45, 2.75) is 63.5 Å². The quantitative estimate of drug-likeness (QED) is 0.886. The number of nitrogens with one attached hydrogen (secondary N) is 1. The van der Waals surface area contributed by atoms with Gasteiger partial charge in [0.2, 0.25) is 0 Å². The van der Waals surface area contributed by atoms with E-state index < -0.39 is 0 Å². The molecule has 1 unspecified atom stereocenters. The summed E-state index contributed by atoms with van der Waals surface area (Å²) in [5, 5.41) is 3.39. The molecule has 5 rings (SSSR count). The van der Waals surface area contributed by atoms with Gasteiger partial charge in [-0.3, -0.25) is 9.89 Å². The van der Waals surface area contributed by atoms with Crippen LogP contribution < -0.4 is 11.3 Å². The van der Waals surface area contributed by atoms with Gasteiger partial charge in [-0.15, -0.1) is 0 Å². The summed E-state index contributed by atoms with van der Waals surface area (Å²) in [5.74, 6) is 2.56. The zero-order valence-electron chi connectivity index (χ0n) is 12.3. The summed E-state index contributed by atoms with van der Waals surface area (Å²) in [6.07, 6.45) is 8.59. The molecule has 4 nitrogen and oxygen atoms in total. The van der Waals surface area contributed by atoms with Crippen LogP contribution in [0, 0.1) is 17.8 Å². The maximum atomic E-state index is 12.4. The van der Waals surface area contributed by atoms with E-state index in [1.807, 2.05) is 11.6 Å². The molecule has 0 spiro atoms. The number of hydrogen-bond acceptors (Lipinski definition) is 2. The third kappa shape index (κ3) is 1.88. The van der Waals surface area contributed by atoms with Gasteiger partial charge < -0.3 is 5.73 Å². The highest BCUT2D eigenvalue weighted by atomic mass is 16.1. The Bertz CT molecular complexity index is 533. The van der Waals surface area contributed by atoms with Crippen LogP contribution in [0.1, 0.15) is 51.1 Å². The maximum absolute atomic E-state index is 12.4. The molecular weight excluding hydrogens is 250 g/mol. The van der Waals surface area contributed by atoms with Crippen LogP contribution in [0.5, 0.6) is 0 Å². The van der Waals surface area contributed by atoms with Gasteiger partial charge >= 0.3 is 0 Å². The van der Waals surface area contributed by atoms with E-state index in [2.05, 4.69) is 5.10 Å². The van der Waals surface area contributed by atoms with Gasteiger partial charge in [-0.2, -0.15) is 0 Å². The molecule has 110 valence electrons. The first-order valence-corrected chi connectivity index (χ1v) is 8.11. The minimum absolute atomic E-state index is 0.0952. The Morgan fingerprint density at radius 2 is 1.85 bits per heavy atom. The molecule has 0 saturated heterocycles. The largest absolute Gasteiger partial charge is 0.328 e. The molecule has 0 aromatic carbocycles. The van der Waals surface area contributed by atoms with Crippen molar-refractivity contribution in [3.8, 4) is 0 Å². The van der Waals surface area contributed by atoms with Gasteiger partial charge in [0.1, 0.15) is 0 Å². The molecule has 4 saturated carbocycles. The molecule has 4 fully saturated rings. The number of aromatic nitrogens is 2. The Labute approximate surface area is 119 Å². The minimum atomic E-state index is 0.0952. The fourth-order valence-electron chi connectivity index (χ4n) is 5.59. The van der Waals surface area contributed by atoms with Crippen LogP contribution in [-0.4, -0.2) is 15.8 Å². The molecule has 4 aliphatic carbocycles. The fraction of sp³-hybridized carbons (Fsp3) is 0.812. The van der Waals surface area contributed by atoms with Crippen LogP contribution in [-0.2, 0) is 12.0 Å². The molecule has 1 heterocycles. The summed E-state index contributed by atoms with van der Waals surface area (Å²) in [6, 6.07) is 1.86. The topological polar surface area (TPSA) is 63.8 Å². The van der Waals surface area contributed by atoms with E-state index >= 15 is 0 Å². The van der Waals surface area contributed by atoms with Gasteiger partial charge in [-0.05, 0) is 63.2 Å². The summed E-state index contributed by atoms with van der Waals surface area (Å²) in [5.41, 5.74) is 7.11. The predicted molar refractivity (Wildman–Crippen MR) is 78.6 cm³/mol. The highest BCUT2D eigenvalue weighted by Gasteiger charge is 2.52. The lowest BCUT2D eigenvalue weighted by atomic mass is 9.53. The molecule has 4 bridgehead atoms. The van der Waals surface area contributed by atoms with E-state index in [1.165, 1.54) is 38.5 Å². The molecule has 20 heavy (non-hydrogen) atoms. The highest BCUT2D eigenvalue weighted by Crippen LogP contribution is 2.58. The van der Waals surface area contributed by atoms with E-state index in [4.69, 9.17) is 5.73 Å². The summed E-state index contributed by atoms with van der Waals surface area (Å²) in [7, 11) is 0. The Morgan fingerprint density at radius 1 is 1.30 bits per heavy atom. The summed E-state index contributed by atoms with van der Waals surface area (Å²) in [4.78, 5) is 12.4. The Hall–Kier alpha value is -1.03. The number of nitrogens with two attached hydrogens (primary N) is 1. The van der Waals surface area contributed by atoms with Gasteiger partial charge in [0, 0.05) is 24.2 Å². The first kappa shape index (κ1) is 12.7. The minimum Gasteiger partial charge on any atom is -0.328 e. The van der Waals surface area contributed by atoms with Crippen molar-refractivity contribution in [1.29, 1.82) is 0 Å². The summed E-state index contributed by atoms with van der Waals surface area (Å²) >= 11 is 0. The van der Waals surface area contributed by atoms with Gasteiger partial charge in [0.15, 0.2) is 0 Å². The first-order valence-electron chi connectivity index (χ1n) is 8.11. The number of hydrogen-bond donors (Lipinski definition) is 2. The summed E-state index contributed by atoms with van der Waals surface area (Å²) in [6.45, 7) is 1.99. The zero-order chi connectivity index (χ0) is 13.9. The van der Waals surface area contributed by atoms with Gasteiger partial charge in [-0.25, -0.2) is 4.68 Å². The molecule has 0 radical (unpaired) electrons. The highest BCUT2D eigenvalue weighted by molar-refractivity contribution is 5.09. The number of aromatic amines is 1. The molecule has 4 aliphatic rings.